The van der Waals surface area contributed by atoms with Crippen molar-refractivity contribution in [2.45, 2.75) is 0 Å². The first kappa shape index (κ1) is 7.94. The minimum atomic E-state index is 0.750. The van der Waals surface area contributed by atoms with Gasteiger partial charge < -0.3 is 9.47 Å². The van der Waals surface area contributed by atoms with Crippen molar-refractivity contribution in [3.8, 4) is 0 Å². The van der Waals surface area contributed by atoms with Crippen LogP contribution in [0.5, 0.6) is 0 Å². The first-order valence-electron chi connectivity index (χ1n) is 3.57. The summed E-state index contributed by atoms with van der Waals surface area (Å²) in [4.78, 5) is 0. The van der Waals surface area contributed by atoms with Crippen LogP contribution in [0.15, 0.2) is 0 Å². The van der Waals surface area contributed by atoms with Crippen LogP contribution < -0.4 is 10.6 Å². The second kappa shape index (κ2) is 5.61. The van der Waals surface area contributed by atoms with E-state index in [1.807, 2.05) is 0 Å². The smallest absolute Gasteiger partial charge is 0.0966 e. The third-order valence-corrected chi connectivity index (χ3v) is 1.25. The van der Waals surface area contributed by atoms with Gasteiger partial charge in [-0.2, -0.15) is 0 Å². The van der Waals surface area contributed by atoms with Gasteiger partial charge in [-0.3, -0.25) is 10.6 Å². The highest BCUT2D eigenvalue weighted by molar-refractivity contribution is 4.43. The maximum Gasteiger partial charge on any atom is 0.0966 e. The molecule has 2 aliphatic rings. The zero-order valence-corrected chi connectivity index (χ0v) is 6.06. The summed E-state index contributed by atoms with van der Waals surface area (Å²) in [5.74, 6) is 0. The van der Waals surface area contributed by atoms with Crippen molar-refractivity contribution in [2.75, 3.05) is 39.8 Å². The lowest BCUT2D eigenvalue weighted by atomic mass is 10.7. The molecule has 2 saturated heterocycles. The van der Waals surface area contributed by atoms with E-state index in [1.54, 1.807) is 0 Å². The zero-order chi connectivity index (χ0) is 7.07. The van der Waals surface area contributed by atoms with E-state index in [9.17, 15) is 0 Å². The highest BCUT2D eigenvalue weighted by Crippen LogP contribution is 1.75. The van der Waals surface area contributed by atoms with Gasteiger partial charge in [-0.05, 0) is 0 Å². The summed E-state index contributed by atoms with van der Waals surface area (Å²) >= 11 is 0. The molecule has 2 rings (SSSR count). The van der Waals surface area contributed by atoms with E-state index in [-0.39, 0.29) is 0 Å². The SMILES string of the molecule is C1COCN1.C1COCN1. The summed E-state index contributed by atoms with van der Waals surface area (Å²) in [7, 11) is 0. The van der Waals surface area contributed by atoms with E-state index in [2.05, 4.69) is 10.6 Å². The second-order valence-corrected chi connectivity index (χ2v) is 2.11. The van der Waals surface area contributed by atoms with E-state index in [0.717, 1.165) is 39.8 Å². The van der Waals surface area contributed by atoms with Crippen molar-refractivity contribution in [3.05, 3.63) is 0 Å². The summed E-state index contributed by atoms with van der Waals surface area (Å²) in [6.45, 7) is 5.33. The number of nitrogens with one attached hydrogen (secondary N) is 2. The lowest BCUT2D eigenvalue weighted by Crippen LogP contribution is -2.05. The van der Waals surface area contributed by atoms with Crippen molar-refractivity contribution in [1.82, 2.24) is 10.6 Å². The van der Waals surface area contributed by atoms with E-state index in [4.69, 9.17) is 9.47 Å². The van der Waals surface area contributed by atoms with Gasteiger partial charge in [-0.15, -0.1) is 0 Å². The predicted molar refractivity (Wildman–Crippen MR) is 37.6 cm³/mol. The third kappa shape index (κ3) is 3.79. The number of ether oxygens (including phenoxy) is 2. The average Bonchev–Trinajstić information content (AvgIpc) is 2.67. The minimum absolute atomic E-state index is 0.750. The fraction of sp³-hybridized carbons (Fsp3) is 1.00. The van der Waals surface area contributed by atoms with Gasteiger partial charge in [0.25, 0.3) is 0 Å². The Hall–Kier alpha value is -0.160. The molecule has 0 amide bonds. The molecule has 10 heavy (non-hydrogen) atoms. The van der Waals surface area contributed by atoms with Crippen LogP contribution in [0.3, 0.4) is 0 Å². The minimum Gasteiger partial charge on any atom is -0.365 e. The molecule has 4 nitrogen and oxygen atoms in total. The molecule has 2 heterocycles. The standard InChI is InChI=1S/2C3H7NO/c2*1-2-5-3-4-1/h2*4H,1-3H2. The second-order valence-electron chi connectivity index (χ2n) is 2.11. The molecule has 0 unspecified atom stereocenters. The van der Waals surface area contributed by atoms with Crippen LogP contribution in [0.2, 0.25) is 0 Å². The summed E-state index contributed by atoms with van der Waals surface area (Å²) in [5, 5.41) is 6.00. The van der Waals surface area contributed by atoms with Gasteiger partial charge in [0.1, 0.15) is 0 Å². The highest BCUT2D eigenvalue weighted by Gasteiger charge is 1.92. The molecule has 0 spiro atoms. The fourth-order valence-electron chi connectivity index (χ4n) is 0.722. The number of hydrogen-bond acceptors (Lipinski definition) is 4. The average molecular weight is 146 g/mol. The molecule has 0 aromatic rings. The van der Waals surface area contributed by atoms with E-state index < -0.39 is 0 Å². The van der Waals surface area contributed by atoms with Gasteiger partial charge in [0.2, 0.25) is 0 Å². The lowest BCUT2D eigenvalue weighted by molar-refractivity contribution is 0.194. The van der Waals surface area contributed by atoms with Gasteiger partial charge >= 0.3 is 0 Å². The maximum atomic E-state index is 4.83. The molecule has 0 bridgehead atoms. The molecule has 0 aromatic heterocycles. The zero-order valence-electron chi connectivity index (χ0n) is 6.06. The Morgan fingerprint density at radius 1 is 0.800 bits per heavy atom. The van der Waals surface area contributed by atoms with Gasteiger partial charge in [-0.1, -0.05) is 0 Å². The van der Waals surface area contributed by atoms with Crippen molar-refractivity contribution in [2.24, 2.45) is 0 Å². The van der Waals surface area contributed by atoms with Crippen molar-refractivity contribution < 1.29 is 9.47 Å². The lowest BCUT2D eigenvalue weighted by Gasteiger charge is -1.76. The quantitative estimate of drug-likeness (QED) is 0.466. The van der Waals surface area contributed by atoms with Crippen LogP contribution in [0, 0.1) is 0 Å². The summed E-state index contributed by atoms with van der Waals surface area (Å²) in [6, 6.07) is 0. The van der Waals surface area contributed by atoms with Gasteiger partial charge in [0.05, 0.1) is 26.7 Å². The van der Waals surface area contributed by atoms with Crippen LogP contribution in [-0.4, -0.2) is 39.8 Å². The molecule has 0 radical (unpaired) electrons. The Bertz CT molecular complexity index is 46.9. The van der Waals surface area contributed by atoms with Crippen molar-refractivity contribution in [1.29, 1.82) is 0 Å². The Morgan fingerprint density at radius 3 is 1.40 bits per heavy atom. The molecule has 0 aliphatic carbocycles. The predicted octanol–water partition coefficient (Wildman–Crippen LogP) is -0.873. The molecule has 4 heteroatoms. The molecular formula is C6H14N2O2. The molecule has 60 valence electrons. The van der Waals surface area contributed by atoms with Crippen molar-refractivity contribution >= 4 is 0 Å². The molecule has 0 aromatic carbocycles. The topological polar surface area (TPSA) is 42.5 Å². The van der Waals surface area contributed by atoms with Gasteiger partial charge in [0.15, 0.2) is 0 Å². The monoisotopic (exact) mass is 146 g/mol. The first-order chi connectivity index (χ1) is 5.00. The number of hydrogen-bond donors (Lipinski definition) is 2. The molecule has 2 N–H and O–H groups in total. The molecular weight excluding hydrogens is 132 g/mol. The normalized spacial score (nSPS) is 24.0. The molecule has 0 saturated carbocycles. The van der Waals surface area contributed by atoms with Crippen LogP contribution in [-0.2, 0) is 9.47 Å². The molecule has 0 atom stereocenters. The van der Waals surface area contributed by atoms with Crippen LogP contribution in [0.25, 0.3) is 0 Å². The largest absolute Gasteiger partial charge is 0.365 e. The Kier molecular flexibility index (Phi) is 4.46. The van der Waals surface area contributed by atoms with Crippen LogP contribution >= 0.6 is 0 Å². The van der Waals surface area contributed by atoms with E-state index in [1.165, 1.54) is 0 Å². The van der Waals surface area contributed by atoms with E-state index >= 15 is 0 Å². The fourth-order valence-corrected chi connectivity index (χ4v) is 0.722. The Balaban J connectivity index is 0.0000001000. The molecule has 2 aliphatic heterocycles. The van der Waals surface area contributed by atoms with E-state index in [0.29, 0.717) is 0 Å². The first-order valence-corrected chi connectivity index (χ1v) is 3.57. The van der Waals surface area contributed by atoms with Gasteiger partial charge in [0, 0.05) is 13.1 Å². The Labute approximate surface area is 60.9 Å². The highest BCUT2D eigenvalue weighted by atomic mass is 16.5. The Morgan fingerprint density at radius 2 is 1.30 bits per heavy atom. The van der Waals surface area contributed by atoms with Gasteiger partial charge in [-0.25, -0.2) is 0 Å². The van der Waals surface area contributed by atoms with Crippen molar-refractivity contribution in [3.63, 3.8) is 0 Å². The maximum absolute atomic E-state index is 4.83. The number of rotatable bonds is 0. The third-order valence-electron chi connectivity index (χ3n) is 1.25. The summed E-state index contributed by atoms with van der Waals surface area (Å²) in [6.07, 6.45) is 0. The summed E-state index contributed by atoms with van der Waals surface area (Å²) < 4.78 is 9.67. The van der Waals surface area contributed by atoms with Crippen LogP contribution in [0.1, 0.15) is 0 Å². The molecule has 2 fully saturated rings. The summed E-state index contributed by atoms with van der Waals surface area (Å²) in [5.41, 5.74) is 0. The van der Waals surface area contributed by atoms with Crippen LogP contribution in [0.4, 0.5) is 0 Å².